The van der Waals surface area contributed by atoms with Crippen molar-refractivity contribution in [3.8, 4) is 0 Å². The lowest BCUT2D eigenvalue weighted by atomic mass is 9.78. The van der Waals surface area contributed by atoms with E-state index in [2.05, 4.69) is 20.6 Å². The Kier molecular flexibility index (Phi) is 6.66. The van der Waals surface area contributed by atoms with Crippen molar-refractivity contribution in [2.45, 2.75) is 68.5 Å². The lowest BCUT2D eigenvalue weighted by molar-refractivity contribution is -0.231. The monoisotopic (exact) mass is 438 g/mol. The summed E-state index contributed by atoms with van der Waals surface area (Å²) in [6.07, 6.45) is -1.03. The number of aromatic nitrogens is 4. The van der Waals surface area contributed by atoms with Crippen LogP contribution in [0.15, 0.2) is 18.2 Å². The number of H-pyrrole nitrogens is 1. The predicted octanol–water partition coefficient (Wildman–Crippen LogP) is 0.884. The van der Waals surface area contributed by atoms with Crippen LogP contribution in [0.2, 0.25) is 5.02 Å². The standard InChI is InChI=1S/C20H27ClN4O5/c21-14-6-5-12(19-18(29)17(28)16(27)15(9-26)30-19)8-13(14)7-10-1-3-11(4-2-10)20-22-24-25-23-20/h5-6,8,10-11,15-19,26-29H,1-4,7,9H2,(H,22,23,24,25)/t10?,11?,15-,16-,17+,18-,19+/m1/s1. The number of halogens is 1. The Morgan fingerprint density at radius 3 is 2.50 bits per heavy atom. The van der Waals surface area contributed by atoms with Crippen molar-refractivity contribution >= 4 is 11.6 Å². The van der Waals surface area contributed by atoms with Crippen LogP contribution in [0.3, 0.4) is 0 Å². The molecule has 9 nitrogen and oxygen atoms in total. The summed E-state index contributed by atoms with van der Waals surface area (Å²) in [4.78, 5) is 0. The summed E-state index contributed by atoms with van der Waals surface area (Å²) in [5.74, 6) is 1.57. The van der Waals surface area contributed by atoms with Crippen LogP contribution >= 0.6 is 11.6 Å². The molecule has 2 fully saturated rings. The van der Waals surface area contributed by atoms with Crippen LogP contribution in [-0.4, -0.2) is 72.1 Å². The maximum atomic E-state index is 10.4. The molecule has 5 N–H and O–H groups in total. The van der Waals surface area contributed by atoms with Crippen LogP contribution in [0, 0.1) is 5.92 Å². The topological polar surface area (TPSA) is 145 Å². The molecule has 2 aliphatic rings. The third kappa shape index (κ3) is 4.37. The summed E-state index contributed by atoms with van der Waals surface area (Å²) < 4.78 is 5.68. The van der Waals surface area contributed by atoms with Crippen molar-refractivity contribution in [3.63, 3.8) is 0 Å². The Hall–Kier alpha value is -1.62. The first-order valence-electron chi connectivity index (χ1n) is 10.3. The van der Waals surface area contributed by atoms with Gasteiger partial charge in [-0.1, -0.05) is 28.9 Å². The van der Waals surface area contributed by atoms with Gasteiger partial charge < -0.3 is 25.2 Å². The molecule has 1 saturated heterocycles. The largest absolute Gasteiger partial charge is 0.394 e. The van der Waals surface area contributed by atoms with E-state index in [9.17, 15) is 20.4 Å². The zero-order valence-corrected chi connectivity index (χ0v) is 17.2. The number of ether oxygens (including phenoxy) is 1. The van der Waals surface area contributed by atoms with Crippen molar-refractivity contribution in [3.05, 3.63) is 40.2 Å². The third-order valence-corrected chi connectivity index (χ3v) is 6.74. The van der Waals surface area contributed by atoms with E-state index in [1.807, 2.05) is 6.07 Å². The van der Waals surface area contributed by atoms with E-state index < -0.39 is 37.1 Å². The molecule has 164 valence electrons. The molecule has 4 rings (SSSR count). The highest BCUT2D eigenvalue weighted by Gasteiger charge is 2.44. The SMILES string of the molecule is OC[C@H]1O[C@@H](c2ccc(Cl)c(CC3CCC(c4nn[nH]n4)CC3)c2)[C@H](O)[C@@H](O)[C@@H]1O. The Balaban J connectivity index is 1.45. The van der Waals surface area contributed by atoms with Gasteiger partial charge in [-0.2, -0.15) is 5.21 Å². The highest BCUT2D eigenvalue weighted by atomic mass is 35.5. The van der Waals surface area contributed by atoms with Crippen LogP contribution in [-0.2, 0) is 11.2 Å². The third-order valence-electron chi connectivity index (χ3n) is 6.37. The maximum Gasteiger partial charge on any atom is 0.177 e. The lowest BCUT2D eigenvalue weighted by Gasteiger charge is -2.40. The van der Waals surface area contributed by atoms with Gasteiger partial charge in [-0.25, -0.2) is 0 Å². The molecule has 1 aliphatic heterocycles. The number of aliphatic hydroxyl groups excluding tert-OH is 4. The second kappa shape index (κ2) is 9.25. The number of rotatable bonds is 5. The minimum Gasteiger partial charge on any atom is -0.394 e. The number of nitrogens with one attached hydrogen (secondary N) is 1. The fraction of sp³-hybridized carbons (Fsp3) is 0.650. The summed E-state index contributed by atoms with van der Waals surface area (Å²) in [5.41, 5.74) is 1.61. The molecule has 1 aliphatic carbocycles. The minimum atomic E-state index is -1.40. The van der Waals surface area contributed by atoms with Gasteiger partial charge in [0.2, 0.25) is 0 Å². The second-order valence-corrected chi connectivity index (χ2v) is 8.70. The molecular formula is C20H27ClN4O5. The number of nitrogens with zero attached hydrogens (tertiary/aromatic N) is 3. The van der Waals surface area contributed by atoms with Crippen LogP contribution < -0.4 is 0 Å². The average molecular weight is 439 g/mol. The van der Waals surface area contributed by atoms with Crippen LogP contribution in [0.25, 0.3) is 0 Å². The van der Waals surface area contributed by atoms with Crippen molar-refractivity contribution in [2.75, 3.05) is 6.61 Å². The number of aromatic amines is 1. The summed E-state index contributed by atoms with van der Waals surface area (Å²) in [7, 11) is 0. The van der Waals surface area contributed by atoms with Gasteiger partial charge >= 0.3 is 0 Å². The maximum absolute atomic E-state index is 10.4. The van der Waals surface area contributed by atoms with Gasteiger partial charge in [-0.05, 0) is 55.2 Å². The molecule has 0 unspecified atom stereocenters. The molecule has 1 aromatic heterocycles. The molecule has 10 heteroatoms. The van der Waals surface area contributed by atoms with Crippen LogP contribution in [0.4, 0.5) is 0 Å². The molecular weight excluding hydrogens is 412 g/mol. The van der Waals surface area contributed by atoms with Gasteiger partial charge in [0.15, 0.2) is 5.82 Å². The Morgan fingerprint density at radius 2 is 1.83 bits per heavy atom. The van der Waals surface area contributed by atoms with Gasteiger partial charge in [0.25, 0.3) is 0 Å². The quantitative estimate of drug-likeness (QED) is 0.462. The molecule has 2 aromatic rings. The van der Waals surface area contributed by atoms with Gasteiger partial charge in [-0.3, -0.25) is 0 Å². The Labute approximate surface area is 179 Å². The molecule has 0 bridgehead atoms. The van der Waals surface area contributed by atoms with E-state index in [4.69, 9.17) is 16.3 Å². The second-order valence-electron chi connectivity index (χ2n) is 8.29. The fourth-order valence-electron chi connectivity index (χ4n) is 4.58. The summed E-state index contributed by atoms with van der Waals surface area (Å²) in [6, 6.07) is 5.39. The van der Waals surface area contributed by atoms with Gasteiger partial charge in [0.05, 0.1) is 6.61 Å². The van der Waals surface area contributed by atoms with Crippen molar-refractivity contribution in [2.24, 2.45) is 5.92 Å². The number of hydrogen-bond acceptors (Lipinski definition) is 8. The van der Waals surface area contributed by atoms with Gasteiger partial charge in [0.1, 0.15) is 30.5 Å². The Morgan fingerprint density at radius 1 is 1.07 bits per heavy atom. The number of tetrazole rings is 1. The normalized spacial score (nSPS) is 34.8. The van der Waals surface area contributed by atoms with Gasteiger partial charge in [0, 0.05) is 10.9 Å². The average Bonchev–Trinajstić information content (AvgIpc) is 3.30. The minimum absolute atomic E-state index is 0.330. The van der Waals surface area contributed by atoms with E-state index in [1.54, 1.807) is 12.1 Å². The fourth-order valence-corrected chi connectivity index (χ4v) is 4.78. The lowest BCUT2D eigenvalue weighted by Crippen LogP contribution is -2.55. The number of benzene rings is 1. The van der Waals surface area contributed by atoms with E-state index >= 15 is 0 Å². The summed E-state index contributed by atoms with van der Waals surface area (Å²) >= 11 is 6.44. The van der Waals surface area contributed by atoms with Crippen molar-refractivity contribution in [1.29, 1.82) is 0 Å². The molecule has 0 amide bonds. The first kappa shape index (κ1) is 21.6. The predicted molar refractivity (Wildman–Crippen MR) is 107 cm³/mol. The number of hydrogen-bond donors (Lipinski definition) is 5. The zero-order valence-electron chi connectivity index (χ0n) is 16.4. The highest BCUT2D eigenvalue weighted by molar-refractivity contribution is 6.31. The molecule has 5 atom stereocenters. The first-order valence-corrected chi connectivity index (χ1v) is 10.7. The summed E-state index contributed by atoms with van der Waals surface area (Å²) in [6.45, 7) is -0.453. The van der Waals surface area contributed by atoms with Crippen LogP contribution in [0.1, 0.15) is 54.7 Å². The van der Waals surface area contributed by atoms with Crippen molar-refractivity contribution < 1.29 is 25.2 Å². The van der Waals surface area contributed by atoms with Crippen molar-refractivity contribution in [1.82, 2.24) is 20.6 Å². The molecule has 0 spiro atoms. The molecule has 1 aromatic carbocycles. The summed E-state index contributed by atoms with van der Waals surface area (Å²) in [5, 5.41) is 54.9. The van der Waals surface area contributed by atoms with E-state index in [1.165, 1.54) is 0 Å². The number of aliphatic hydroxyl groups is 4. The van der Waals surface area contributed by atoms with Crippen LogP contribution in [0.5, 0.6) is 0 Å². The van der Waals surface area contributed by atoms with E-state index in [0.717, 1.165) is 43.5 Å². The smallest absolute Gasteiger partial charge is 0.177 e. The highest BCUT2D eigenvalue weighted by Crippen LogP contribution is 2.38. The van der Waals surface area contributed by atoms with Gasteiger partial charge in [-0.15, -0.1) is 10.2 Å². The van der Waals surface area contributed by atoms with E-state index in [0.29, 0.717) is 22.4 Å². The molecule has 0 radical (unpaired) electrons. The molecule has 30 heavy (non-hydrogen) atoms. The zero-order chi connectivity index (χ0) is 21.3. The molecule has 2 heterocycles. The molecule has 1 saturated carbocycles. The van der Waals surface area contributed by atoms with E-state index in [-0.39, 0.29) is 0 Å². The Bertz CT molecular complexity index is 829. The first-order chi connectivity index (χ1) is 14.5.